The summed E-state index contributed by atoms with van der Waals surface area (Å²) in [6.45, 7) is 1.17. The van der Waals surface area contributed by atoms with Gasteiger partial charge in [-0.15, -0.1) is 0 Å². The number of nitrogens with zero attached hydrogens (tertiary/aromatic N) is 3. The van der Waals surface area contributed by atoms with Gasteiger partial charge in [-0.2, -0.15) is 22.5 Å². The summed E-state index contributed by atoms with van der Waals surface area (Å²) in [4.78, 5) is 0. The minimum Gasteiger partial charge on any atom is -0.393 e. The average molecular weight is 314 g/mol. The molecule has 21 heavy (non-hydrogen) atoms. The summed E-state index contributed by atoms with van der Waals surface area (Å²) < 4.78 is 30.9. The second-order valence-corrected chi connectivity index (χ2v) is 7.74. The Morgan fingerprint density at radius 3 is 2.57 bits per heavy atom. The molecule has 1 saturated heterocycles. The summed E-state index contributed by atoms with van der Waals surface area (Å²) in [6, 6.07) is -0.312. The van der Waals surface area contributed by atoms with Crippen LogP contribution in [0.4, 0.5) is 0 Å². The predicted octanol–water partition coefficient (Wildman–Crippen LogP) is 0.162. The minimum absolute atomic E-state index is 0.126. The third-order valence-electron chi connectivity index (χ3n) is 4.39. The third-order valence-corrected chi connectivity index (χ3v) is 5.98. The molecule has 3 rings (SSSR count). The van der Waals surface area contributed by atoms with Gasteiger partial charge in [0.25, 0.3) is 10.2 Å². The van der Waals surface area contributed by atoms with Gasteiger partial charge in [0.1, 0.15) is 0 Å². The predicted molar refractivity (Wildman–Crippen MR) is 77.5 cm³/mol. The molecule has 7 nitrogen and oxygen atoms in total. The molecule has 0 radical (unpaired) electrons. The second-order valence-electron chi connectivity index (χ2n) is 6.04. The number of aliphatic hydroxyl groups excluding tert-OH is 1. The number of hydrogen-bond acceptors (Lipinski definition) is 4. The van der Waals surface area contributed by atoms with Crippen molar-refractivity contribution in [2.24, 2.45) is 13.0 Å². The molecular weight excluding hydrogens is 292 g/mol. The zero-order chi connectivity index (χ0) is 15.0. The molecule has 8 heteroatoms. The molecule has 1 aliphatic carbocycles. The fourth-order valence-electron chi connectivity index (χ4n) is 3.10. The average Bonchev–Trinajstić information content (AvgIpc) is 3.03. The van der Waals surface area contributed by atoms with Crippen LogP contribution in [-0.4, -0.2) is 46.8 Å². The van der Waals surface area contributed by atoms with Gasteiger partial charge in [0.05, 0.1) is 18.3 Å². The highest BCUT2D eigenvalue weighted by Crippen LogP contribution is 2.38. The van der Waals surface area contributed by atoms with Crippen LogP contribution < -0.4 is 4.72 Å². The SMILES string of the molecule is Cn1cc(C(NS(=O)(=O)N2CCCC2)C2CC(O)C2)cn1. The van der Waals surface area contributed by atoms with E-state index in [1.54, 1.807) is 10.9 Å². The molecule has 1 saturated carbocycles. The van der Waals surface area contributed by atoms with Gasteiger partial charge in [0, 0.05) is 31.9 Å². The molecule has 0 bridgehead atoms. The summed E-state index contributed by atoms with van der Waals surface area (Å²) in [5, 5.41) is 13.7. The van der Waals surface area contributed by atoms with Crippen LogP contribution in [-0.2, 0) is 17.3 Å². The van der Waals surface area contributed by atoms with Crippen LogP contribution in [0.5, 0.6) is 0 Å². The Balaban J connectivity index is 1.79. The quantitative estimate of drug-likeness (QED) is 0.810. The van der Waals surface area contributed by atoms with E-state index in [2.05, 4.69) is 9.82 Å². The Labute approximate surface area is 125 Å². The maximum Gasteiger partial charge on any atom is 0.280 e. The van der Waals surface area contributed by atoms with E-state index in [-0.39, 0.29) is 18.1 Å². The van der Waals surface area contributed by atoms with Gasteiger partial charge in [0.15, 0.2) is 0 Å². The number of aryl methyl sites for hydroxylation is 1. The molecule has 0 amide bonds. The van der Waals surface area contributed by atoms with Crippen LogP contribution in [0, 0.1) is 5.92 Å². The maximum atomic E-state index is 12.5. The highest BCUT2D eigenvalue weighted by atomic mass is 32.2. The van der Waals surface area contributed by atoms with Crippen molar-refractivity contribution in [2.75, 3.05) is 13.1 Å². The Morgan fingerprint density at radius 1 is 1.38 bits per heavy atom. The molecule has 2 aliphatic rings. The van der Waals surface area contributed by atoms with E-state index in [4.69, 9.17) is 0 Å². The molecule has 1 unspecified atom stereocenters. The Bertz CT molecular complexity index is 588. The third kappa shape index (κ3) is 3.13. The first-order valence-corrected chi connectivity index (χ1v) is 8.84. The van der Waals surface area contributed by atoms with Crippen molar-refractivity contribution in [1.82, 2.24) is 18.8 Å². The summed E-state index contributed by atoms with van der Waals surface area (Å²) in [5.41, 5.74) is 0.858. The zero-order valence-electron chi connectivity index (χ0n) is 12.1. The molecule has 118 valence electrons. The van der Waals surface area contributed by atoms with Crippen LogP contribution in [0.1, 0.15) is 37.3 Å². The smallest absolute Gasteiger partial charge is 0.280 e. The van der Waals surface area contributed by atoms with Crippen LogP contribution in [0.3, 0.4) is 0 Å². The van der Waals surface area contributed by atoms with Crippen LogP contribution in [0.2, 0.25) is 0 Å². The first kappa shape index (κ1) is 15.0. The van der Waals surface area contributed by atoms with Crippen molar-refractivity contribution in [2.45, 2.75) is 37.8 Å². The molecule has 1 atom stereocenters. The Morgan fingerprint density at radius 2 is 2.05 bits per heavy atom. The highest BCUT2D eigenvalue weighted by molar-refractivity contribution is 7.87. The van der Waals surface area contributed by atoms with Gasteiger partial charge in [-0.05, 0) is 31.6 Å². The van der Waals surface area contributed by atoms with Crippen LogP contribution in [0.15, 0.2) is 12.4 Å². The van der Waals surface area contributed by atoms with Gasteiger partial charge in [0.2, 0.25) is 0 Å². The number of aromatic nitrogens is 2. The lowest BCUT2D eigenvalue weighted by Crippen LogP contribution is -2.46. The van der Waals surface area contributed by atoms with E-state index in [1.807, 2.05) is 13.2 Å². The molecular formula is C13H22N4O3S. The molecule has 2 fully saturated rings. The largest absolute Gasteiger partial charge is 0.393 e. The van der Waals surface area contributed by atoms with Crippen molar-refractivity contribution < 1.29 is 13.5 Å². The topological polar surface area (TPSA) is 87.5 Å². The number of hydrogen-bond donors (Lipinski definition) is 2. The first-order valence-electron chi connectivity index (χ1n) is 7.40. The minimum atomic E-state index is -3.47. The molecule has 1 aromatic heterocycles. The fourth-order valence-corrected chi connectivity index (χ4v) is 4.64. The van der Waals surface area contributed by atoms with Gasteiger partial charge in [-0.3, -0.25) is 4.68 Å². The van der Waals surface area contributed by atoms with Gasteiger partial charge >= 0.3 is 0 Å². The summed E-state index contributed by atoms with van der Waals surface area (Å²) in [7, 11) is -1.66. The lowest BCUT2D eigenvalue weighted by molar-refractivity contribution is 0.0277. The summed E-state index contributed by atoms with van der Waals surface area (Å²) in [5.74, 6) is 0.126. The Hall–Kier alpha value is -0.960. The molecule has 1 aliphatic heterocycles. The van der Waals surface area contributed by atoms with E-state index in [0.29, 0.717) is 25.9 Å². The molecule has 2 N–H and O–H groups in total. The van der Waals surface area contributed by atoms with Crippen molar-refractivity contribution in [1.29, 1.82) is 0 Å². The highest BCUT2D eigenvalue weighted by Gasteiger charge is 2.39. The standard InChI is InChI=1S/C13H22N4O3S/c1-16-9-11(8-14-16)13(10-6-12(18)7-10)15-21(19,20)17-4-2-3-5-17/h8-10,12-13,15,18H,2-7H2,1H3. The van der Waals surface area contributed by atoms with Crippen molar-refractivity contribution >= 4 is 10.2 Å². The van der Waals surface area contributed by atoms with Gasteiger partial charge in [-0.25, -0.2) is 0 Å². The van der Waals surface area contributed by atoms with Gasteiger partial charge in [-0.1, -0.05) is 0 Å². The first-order chi connectivity index (χ1) is 9.95. The number of nitrogens with one attached hydrogen (secondary N) is 1. The second kappa shape index (κ2) is 5.68. The van der Waals surface area contributed by atoms with E-state index in [9.17, 15) is 13.5 Å². The number of aliphatic hydroxyl groups is 1. The van der Waals surface area contributed by atoms with Gasteiger partial charge < -0.3 is 5.11 Å². The van der Waals surface area contributed by atoms with E-state index < -0.39 is 10.2 Å². The van der Waals surface area contributed by atoms with Crippen molar-refractivity contribution in [3.05, 3.63) is 18.0 Å². The fraction of sp³-hybridized carbons (Fsp3) is 0.769. The van der Waals surface area contributed by atoms with Crippen LogP contribution >= 0.6 is 0 Å². The monoisotopic (exact) mass is 314 g/mol. The summed E-state index contributed by atoms with van der Waals surface area (Å²) >= 11 is 0. The summed E-state index contributed by atoms with van der Waals surface area (Å²) in [6.07, 6.45) is 6.31. The number of rotatable bonds is 5. The Kier molecular flexibility index (Phi) is 4.04. The van der Waals surface area contributed by atoms with Crippen LogP contribution in [0.25, 0.3) is 0 Å². The molecule has 0 aromatic carbocycles. The van der Waals surface area contributed by atoms with E-state index in [0.717, 1.165) is 18.4 Å². The lowest BCUT2D eigenvalue weighted by atomic mass is 9.76. The normalized spacial score (nSPS) is 28.5. The molecule has 2 heterocycles. The van der Waals surface area contributed by atoms with Crippen molar-refractivity contribution in [3.63, 3.8) is 0 Å². The molecule has 0 spiro atoms. The molecule has 1 aromatic rings. The van der Waals surface area contributed by atoms with Crippen molar-refractivity contribution in [3.8, 4) is 0 Å². The maximum absolute atomic E-state index is 12.5. The van der Waals surface area contributed by atoms with E-state index in [1.165, 1.54) is 4.31 Å². The lowest BCUT2D eigenvalue weighted by Gasteiger charge is -2.38. The van der Waals surface area contributed by atoms with E-state index >= 15 is 0 Å². The zero-order valence-corrected chi connectivity index (χ0v) is 13.0.